The van der Waals surface area contributed by atoms with E-state index in [1.54, 1.807) is 19.4 Å². The van der Waals surface area contributed by atoms with Crippen LogP contribution in [0.15, 0.2) is 41.5 Å². The number of carbonyl (C=O) groups is 2. The van der Waals surface area contributed by atoms with Gasteiger partial charge in [-0.05, 0) is 52.7 Å². The summed E-state index contributed by atoms with van der Waals surface area (Å²) in [5, 5.41) is 2.86. The maximum atomic E-state index is 13.3. The van der Waals surface area contributed by atoms with Gasteiger partial charge in [-0.15, -0.1) is 0 Å². The lowest BCUT2D eigenvalue weighted by Crippen LogP contribution is -2.44. The van der Waals surface area contributed by atoms with Crippen molar-refractivity contribution in [3.05, 3.63) is 63.6 Å². The predicted molar refractivity (Wildman–Crippen MR) is 134 cm³/mol. The molecular weight excluding hydrogens is 430 g/mol. The van der Waals surface area contributed by atoms with Crippen LogP contribution in [0, 0.1) is 6.92 Å². The van der Waals surface area contributed by atoms with Crippen LogP contribution < -0.4 is 15.5 Å². The third-order valence-electron chi connectivity index (χ3n) is 6.07. The van der Waals surface area contributed by atoms with E-state index in [2.05, 4.69) is 5.32 Å². The van der Waals surface area contributed by atoms with Crippen LogP contribution in [0.4, 0.5) is 0 Å². The van der Waals surface area contributed by atoms with Gasteiger partial charge in [-0.1, -0.05) is 37.0 Å². The van der Waals surface area contributed by atoms with E-state index in [1.165, 1.54) is 11.3 Å². The lowest BCUT2D eigenvalue weighted by Gasteiger charge is -2.27. The molecule has 1 aromatic carbocycles. The first-order chi connectivity index (χ1) is 16.0. The number of benzene rings is 1. The molecule has 1 saturated carbocycles. The van der Waals surface area contributed by atoms with Crippen molar-refractivity contribution >= 4 is 11.8 Å². The third kappa shape index (κ3) is 6.72. The molecule has 7 heteroatoms. The van der Waals surface area contributed by atoms with Crippen LogP contribution in [-0.4, -0.2) is 47.0 Å². The molecule has 0 aliphatic heterocycles. The molecule has 0 radical (unpaired) electrons. The van der Waals surface area contributed by atoms with E-state index < -0.39 is 22.8 Å². The lowest BCUT2D eigenvalue weighted by atomic mass is 9.95. The number of hydrogen-bond acceptors (Lipinski definition) is 4. The SMILES string of the molecule is Cc1ccc(OCCN(C)C(=O)c2cn(C3CCCCC3)cc(C(=O)NC(C)(C)C)c2=O)cc1. The Morgan fingerprint density at radius 2 is 1.68 bits per heavy atom. The van der Waals surface area contributed by atoms with Crippen molar-refractivity contribution in [2.45, 2.75) is 71.4 Å². The minimum Gasteiger partial charge on any atom is -0.492 e. The molecule has 3 rings (SSSR count). The minimum atomic E-state index is -0.537. The molecule has 7 nitrogen and oxygen atoms in total. The Bertz CT molecular complexity index is 1060. The second kappa shape index (κ2) is 10.9. The van der Waals surface area contributed by atoms with Crippen molar-refractivity contribution in [2.24, 2.45) is 0 Å². The summed E-state index contributed by atoms with van der Waals surface area (Å²) in [7, 11) is 1.65. The van der Waals surface area contributed by atoms with E-state index >= 15 is 0 Å². The van der Waals surface area contributed by atoms with Crippen molar-refractivity contribution in [1.29, 1.82) is 0 Å². The number of ether oxygens (including phenoxy) is 1. The highest BCUT2D eigenvalue weighted by atomic mass is 16.5. The highest BCUT2D eigenvalue weighted by Gasteiger charge is 2.26. The first kappa shape index (κ1) is 25.5. The highest BCUT2D eigenvalue weighted by Crippen LogP contribution is 2.28. The molecule has 0 bridgehead atoms. The van der Waals surface area contributed by atoms with Crippen LogP contribution >= 0.6 is 0 Å². The van der Waals surface area contributed by atoms with Crippen LogP contribution in [-0.2, 0) is 0 Å². The number of amides is 2. The zero-order chi connectivity index (χ0) is 24.9. The number of carbonyl (C=O) groups excluding carboxylic acids is 2. The minimum absolute atomic E-state index is 0.00986. The van der Waals surface area contributed by atoms with Crippen LogP contribution in [0.1, 0.15) is 85.2 Å². The van der Waals surface area contributed by atoms with Gasteiger partial charge in [-0.3, -0.25) is 14.4 Å². The Kier molecular flexibility index (Phi) is 8.18. The summed E-state index contributed by atoms with van der Waals surface area (Å²) in [6.07, 6.45) is 8.57. The van der Waals surface area contributed by atoms with Crippen LogP contribution in [0.3, 0.4) is 0 Å². The summed E-state index contributed by atoms with van der Waals surface area (Å²) in [5.74, 6) is -0.138. The molecule has 0 saturated heterocycles. The largest absolute Gasteiger partial charge is 0.492 e. The van der Waals surface area contributed by atoms with Gasteiger partial charge in [0.1, 0.15) is 23.5 Å². The van der Waals surface area contributed by atoms with Crippen molar-refractivity contribution in [2.75, 3.05) is 20.2 Å². The van der Waals surface area contributed by atoms with Gasteiger partial charge in [0.25, 0.3) is 11.8 Å². The smallest absolute Gasteiger partial charge is 0.259 e. The number of nitrogens with zero attached hydrogens (tertiary/aromatic N) is 2. The van der Waals surface area contributed by atoms with Gasteiger partial charge >= 0.3 is 0 Å². The Labute approximate surface area is 202 Å². The second-order valence-electron chi connectivity index (χ2n) is 10.2. The molecule has 0 spiro atoms. The number of nitrogens with one attached hydrogen (secondary N) is 1. The maximum Gasteiger partial charge on any atom is 0.259 e. The fraction of sp³-hybridized carbons (Fsp3) is 0.519. The Morgan fingerprint density at radius 1 is 1.06 bits per heavy atom. The highest BCUT2D eigenvalue weighted by molar-refractivity contribution is 5.99. The number of likely N-dealkylation sites (N-methyl/N-ethyl adjacent to an activating group) is 1. The molecule has 1 fully saturated rings. The number of hydrogen-bond donors (Lipinski definition) is 1. The molecule has 2 aromatic rings. The quantitative estimate of drug-likeness (QED) is 0.657. The van der Waals surface area contributed by atoms with Gasteiger partial charge in [0.15, 0.2) is 0 Å². The van der Waals surface area contributed by atoms with Gasteiger partial charge in [0, 0.05) is 31.0 Å². The third-order valence-corrected chi connectivity index (χ3v) is 6.07. The summed E-state index contributed by atoms with van der Waals surface area (Å²) in [6.45, 7) is 8.21. The van der Waals surface area contributed by atoms with Crippen LogP contribution in [0.2, 0.25) is 0 Å². The van der Waals surface area contributed by atoms with Gasteiger partial charge in [-0.2, -0.15) is 0 Å². The zero-order valence-corrected chi connectivity index (χ0v) is 21.0. The van der Waals surface area contributed by atoms with E-state index in [0.29, 0.717) is 13.2 Å². The average molecular weight is 468 g/mol. The van der Waals surface area contributed by atoms with E-state index in [4.69, 9.17) is 4.74 Å². The van der Waals surface area contributed by atoms with Crippen molar-refractivity contribution in [3.8, 4) is 5.75 Å². The van der Waals surface area contributed by atoms with Gasteiger partial charge < -0.3 is 19.5 Å². The Balaban J connectivity index is 1.82. The predicted octanol–water partition coefficient (Wildman–Crippen LogP) is 4.34. The van der Waals surface area contributed by atoms with Gasteiger partial charge in [0.05, 0.1) is 6.54 Å². The standard InChI is InChI=1S/C27H37N3O4/c1-19-11-13-21(14-12-19)34-16-15-29(5)26(33)23-18-30(20-9-7-6-8-10-20)17-22(24(23)31)25(32)28-27(2,3)4/h11-14,17-18,20H,6-10,15-16H2,1-5H3,(H,28,32). The number of rotatable bonds is 7. The molecule has 0 atom stereocenters. The second-order valence-corrected chi connectivity index (χ2v) is 10.2. The number of aromatic nitrogens is 1. The Hall–Kier alpha value is -3.09. The van der Waals surface area contributed by atoms with Crippen molar-refractivity contribution in [3.63, 3.8) is 0 Å². The van der Waals surface area contributed by atoms with Gasteiger partial charge in [0.2, 0.25) is 5.43 Å². The van der Waals surface area contributed by atoms with Crippen LogP contribution in [0.5, 0.6) is 5.75 Å². The summed E-state index contributed by atoms with van der Waals surface area (Å²) in [6, 6.07) is 7.88. The van der Waals surface area contributed by atoms with E-state index in [9.17, 15) is 14.4 Å². The number of aryl methyl sites for hydroxylation is 1. The average Bonchev–Trinajstić information content (AvgIpc) is 2.79. The molecule has 1 N–H and O–H groups in total. The molecule has 1 aliphatic rings. The molecule has 0 unspecified atom stereocenters. The topological polar surface area (TPSA) is 80.6 Å². The molecule has 184 valence electrons. The zero-order valence-electron chi connectivity index (χ0n) is 21.0. The molecule has 34 heavy (non-hydrogen) atoms. The molecule has 2 amide bonds. The van der Waals surface area contributed by atoms with E-state index in [0.717, 1.165) is 37.0 Å². The van der Waals surface area contributed by atoms with Crippen molar-refractivity contribution in [1.82, 2.24) is 14.8 Å². The summed E-state index contributed by atoms with van der Waals surface area (Å²) in [5.41, 5.74) is 0.138. The fourth-order valence-corrected chi connectivity index (χ4v) is 4.15. The van der Waals surface area contributed by atoms with E-state index in [1.807, 2.05) is 56.5 Å². The monoisotopic (exact) mass is 467 g/mol. The molecule has 1 heterocycles. The van der Waals surface area contributed by atoms with E-state index in [-0.39, 0.29) is 17.2 Å². The maximum absolute atomic E-state index is 13.3. The first-order valence-corrected chi connectivity index (χ1v) is 12.1. The lowest BCUT2D eigenvalue weighted by molar-refractivity contribution is 0.0771. The Morgan fingerprint density at radius 3 is 2.29 bits per heavy atom. The van der Waals surface area contributed by atoms with Gasteiger partial charge in [-0.25, -0.2) is 0 Å². The molecule has 1 aromatic heterocycles. The summed E-state index contributed by atoms with van der Waals surface area (Å²) < 4.78 is 7.65. The summed E-state index contributed by atoms with van der Waals surface area (Å²) in [4.78, 5) is 40.9. The van der Waals surface area contributed by atoms with Crippen molar-refractivity contribution < 1.29 is 14.3 Å². The van der Waals surface area contributed by atoms with Crippen LogP contribution in [0.25, 0.3) is 0 Å². The molecular formula is C27H37N3O4. The normalized spacial score (nSPS) is 14.5. The first-order valence-electron chi connectivity index (χ1n) is 12.1. The fourth-order valence-electron chi connectivity index (χ4n) is 4.15. The summed E-state index contributed by atoms with van der Waals surface area (Å²) >= 11 is 0. The number of pyridine rings is 1. The molecule has 1 aliphatic carbocycles.